The van der Waals surface area contributed by atoms with Crippen LogP contribution in [-0.2, 0) is 11.3 Å². The van der Waals surface area contributed by atoms with Crippen LogP contribution in [0.4, 0.5) is 11.5 Å². The number of nitro groups is 1. The van der Waals surface area contributed by atoms with Crippen LogP contribution < -0.4 is 11.1 Å². The largest absolute Gasteiger partial charge is 0.419 e. The first-order valence-electron chi connectivity index (χ1n) is 9.12. The summed E-state index contributed by atoms with van der Waals surface area (Å²) in [7, 11) is 0. The molecule has 0 bridgehead atoms. The minimum Gasteiger partial charge on any atom is -0.408 e. The molecule has 0 unspecified atom stereocenters. The molecule has 2 aromatic heterocycles. The fourth-order valence-electron chi connectivity index (χ4n) is 3.15. The highest BCUT2D eigenvalue weighted by atomic mass is 16.6. The number of rotatable bonds is 6. The van der Waals surface area contributed by atoms with E-state index in [1.807, 2.05) is 0 Å². The molecule has 0 aliphatic carbocycles. The molecule has 4 aromatic rings. The molecular weight excluding hydrogens is 390 g/mol. The molecule has 0 atom stereocenters. The maximum Gasteiger partial charge on any atom is 0.419 e. The number of carbonyl (C=O) groups is 1. The molecule has 10 heteroatoms. The van der Waals surface area contributed by atoms with E-state index in [-0.39, 0.29) is 24.6 Å². The smallest absolute Gasteiger partial charge is 0.408 e. The number of para-hydroxylation sites is 2. The van der Waals surface area contributed by atoms with Crippen molar-refractivity contribution in [2.45, 2.75) is 19.9 Å². The lowest BCUT2D eigenvalue weighted by molar-refractivity contribution is -0.384. The normalized spacial score (nSPS) is 11.0. The quantitative estimate of drug-likeness (QED) is 0.387. The standard InChI is InChI=1S/C20H17N5O5/c1-13-12-18(24(22-13)14-6-8-15(9-7-14)25(28)29)21-19(26)10-11-23-16-4-2-3-5-17(16)30-20(23)27/h2-9,12H,10-11H2,1H3,(H,21,26). The number of nitrogens with zero attached hydrogens (tertiary/aromatic N) is 4. The third kappa shape index (κ3) is 3.70. The molecule has 0 saturated heterocycles. The lowest BCUT2D eigenvalue weighted by Gasteiger charge is -2.09. The number of hydrogen-bond donors (Lipinski definition) is 1. The van der Waals surface area contributed by atoms with Gasteiger partial charge >= 0.3 is 5.76 Å². The zero-order chi connectivity index (χ0) is 21.3. The maximum atomic E-state index is 12.5. The second-order valence-electron chi connectivity index (χ2n) is 6.64. The summed E-state index contributed by atoms with van der Waals surface area (Å²) in [5.41, 5.74) is 2.30. The van der Waals surface area contributed by atoms with Crippen LogP contribution in [0.2, 0.25) is 0 Å². The Balaban J connectivity index is 1.50. The van der Waals surface area contributed by atoms with E-state index in [9.17, 15) is 19.7 Å². The van der Waals surface area contributed by atoms with Crippen molar-refractivity contribution in [2.75, 3.05) is 5.32 Å². The van der Waals surface area contributed by atoms with Gasteiger partial charge in [0.15, 0.2) is 5.58 Å². The predicted octanol–water partition coefficient (Wildman–Crippen LogP) is 3.03. The summed E-state index contributed by atoms with van der Waals surface area (Å²) in [6.45, 7) is 1.93. The summed E-state index contributed by atoms with van der Waals surface area (Å²) in [6, 6.07) is 14.5. The number of benzene rings is 2. The third-order valence-corrected chi connectivity index (χ3v) is 4.54. The van der Waals surface area contributed by atoms with Gasteiger partial charge in [0.1, 0.15) is 5.82 Å². The lowest BCUT2D eigenvalue weighted by atomic mass is 10.3. The van der Waals surface area contributed by atoms with Crippen molar-refractivity contribution in [3.05, 3.63) is 81.0 Å². The Bertz CT molecular complexity index is 1300. The number of amides is 1. The van der Waals surface area contributed by atoms with Gasteiger partial charge in [-0.2, -0.15) is 5.10 Å². The SMILES string of the molecule is Cc1cc(NC(=O)CCn2c(=O)oc3ccccc32)n(-c2ccc([N+](=O)[O-])cc2)n1. The molecule has 1 N–H and O–H groups in total. The predicted molar refractivity (Wildman–Crippen MR) is 109 cm³/mol. The van der Waals surface area contributed by atoms with E-state index in [2.05, 4.69) is 10.4 Å². The zero-order valence-electron chi connectivity index (χ0n) is 15.9. The Hall–Kier alpha value is -4.21. The van der Waals surface area contributed by atoms with Crippen LogP contribution in [0, 0.1) is 17.0 Å². The molecule has 1 amide bonds. The maximum absolute atomic E-state index is 12.5. The molecular formula is C20H17N5O5. The highest BCUT2D eigenvalue weighted by Gasteiger charge is 2.14. The monoisotopic (exact) mass is 407 g/mol. The number of hydrogen-bond acceptors (Lipinski definition) is 6. The number of aryl methyl sites for hydroxylation is 2. The van der Waals surface area contributed by atoms with Crippen LogP contribution in [0.25, 0.3) is 16.8 Å². The Morgan fingerprint density at radius 2 is 1.93 bits per heavy atom. The van der Waals surface area contributed by atoms with Crippen molar-refractivity contribution in [1.29, 1.82) is 0 Å². The van der Waals surface area contributed by atoms with Crippen molar-refractivity contribution in [3.8, 4) is 5.69 Å². The summed E-state index contributed by atoms with van der Waals surface area (Å²) < 4.78 is 8.08. The molecule has 30 heavy (non-hydrogen) atoms. The van der Waals surface area contributed by atoms with E-state index in [0.717, 1.165) is 0 Å². The van der Waals surface area contributed by atoms with Gasteiger partial charge < -0.3 is 9.73 Å². The Labute approximate surface area is 169 Å². The van der Waals surface area contributed by atoms with Crippen LogP contribution in [0.1, 0.15) is 12.1 Å². The molecule has 0 radical (unpaired) electrons. The molecule has 4 rings (SSSR count). The average molecular weight is 407 g/mol. The molecule has 0 saturated carbocycles. The molecule has 10 nitrogen and oxygen atoms in total. The van der Waals surface area contributed by atoms with Crippen LogP contribution >= 0.6 is 0 Å². The van der Waals surface area contributed by atoms with E-state index in [4.69, 9.17) is 4.42 Å². The fraction of sp³-hybridized carbons (Fsp3) is 0.150. The lowest BCUT2D eigenvalue weighted by Crippen LogP contribution is -2.20. The highest BCUT2D eigenvalue weighted by Crippen LogP contribution is 2.20. The Morgan fingerprint density at radius 1 is 1.20 bits per heavy atom. The molecule has 0 aliphatic rings. The highest BCUT2D eigenvalue weighted by molar-refractivity contribution is 5.90. The van der Waals surface area contributed by atoms with Crippen molar-refractivity contribution in [3.63, 3.8) is 0 Å². The van der Waals surface area contributed by atoms with Crippen molar-refractivity contribution >= 4 is 28.5 Å². The molecule has 2 heterocycles. The molecule has 2 aromatic carbocycles. The second-order valence-corrected chi connectivity index (χ2v) is 6.64. The van der Waals surface area contributed by atoms with Gasteiger partial charge in [0.05, 0.1) is 21.8 Å². The number of anilines is 1. The van der Waals surface area contributed by atoms with Gasteiger partial charge in [-0.25, -0.2) is 9.48 Å². The molecule has 0 fully saturated rings. The van der Waals surface area contributed by atoms with E-state index >= 15 is 0 Å². The van der Waals surface area contributed by atoms with E-state index in [1.54, 1.807) is 49.4 Å². The van der Waals surface area contributed by atoms with E-state index < -0.39 is 10.7 Å². The van der Waals surface area contributed by atoms with Gasteiger partial charge in [0, 0.05) is 31.2 Å². The Morgan fingerprint density at radius 3 is 2.67 bits per heavy atom. The topological polar surface area (TPSA) is 125 Å². The van der Waals surface area contributed by atoms with Crippen LogP contribution in [0.15, 0.2) is 63.8 Å². The number of nitro benzene ring substituents is 1. The van der Waals surface area contributed by atoms with Gasteiger partial charge in [0.25, 0.3) is 5.69 Å². The first kappa shape index (κ1) is 19.1. The summed E-state index contributed by atoms with van der Waals surface area (Å²) in [5, 5.41) is 17.9. The first-order chi connectivity index (χ1) is 14.4. The number of non-ortho nitro benzene ring substituents is 1. The summed E-state index contributed by atoms with van der Waals surface area (Å²) >= 11 is 0. The minimum absolute atomic E-state index is 0.0361. The van der Waals surface area contributed by atoms with Crippen molar-refractivity contribution in [2.24, 2.45) is 0 Å². The van der Waals surface area contributed by atoms with Crippen LogP contribution in [0.5, 0.6) is 0 Å². The zero-order valence-corrected chi connectivity index (χ0v) is 15.9. The third-order valence-electron chi connectivity index (χ3n) is 4.54. The van der Waals surface area contributed by atoms with Crippen LogP contribution in [0.3, 0.4) is 0 Å². The van der Waals surface area contributed by atoms with Gasteiger partial charge in [-0.1, -0.05) is 12.1 Å². The van der Waals surface area contributed by atoms with Gasteiger partial charge in [-0.05, 0) is 31.2 Å². The summed E-state index contributed by atoms with van der Waals surface area (Å²) in [6.07, 6.45) is 0.0495. The molecule has 0 aliphatic heterocycles. The minimum atomic E-state index is -0.518. The van der Waals surface area contributed by atoms with E-state index in [1.165, 1.54) is 21.4 Å². The van der Waals surface area contributed by atoms with Gasteiger partial charge in [0.2, 0.25) is 5.91 Å². The number of fused-ring (bicyclic) bond motifs is 1. The second kappa shape index (κ2) is 7.66. The van der Waals surface area contributed by atoms with Crippen molar-refractivity contribution < 1.29 is 14.1 Å². The van der Waals surface area contributed by atoms with Crippen molar-refractivity contribution in [1.82, 2.24) is 14.3 Å². The van der Waals surface area contributed by atoms with Gasteiger partial charge in [-0.3, -0.25) is 19.5 Å². The van der Waals surface area contributed by atoms with E-state index in [0.29, 0.717) is 28.3 Å². The fourth-order valence-corrected chi connectivity index (χ4v) is 3.15. The number of carbonyl (C=O) groups excluding carboxylic acids is 1. The summed E-state index contributed by atoms with van der Waals surface area (Å²) in [5.74, 6) is -0.401. The average Bonchev–Trinajstić information content (AvgIpc) is 3.25. The number of aromatic nitrogens is 3. The first-order valence-corrected chi connectivity index (χ1v) is 9.12. The number of oxazole rings is 1. The Kier molecular flexibility index (Phi) is 4.88. The van der Waals surface area contributed by atoms with Crippen LogP contribution in [-0.4, -0.2) is 25.2 Å². The van der Waals surface area contributed by atoms with Gasteiger partial charge in [-0.15, -0.1) is 0 Å². The number of nitrogens with one attached hydrogen (secondary N) is 1. The molecule has 0 spiro atoms. The summed E-state index contributed by atoms with van der Waals surface area (Å²) in [4.78, 5) is 34.9. The molecule has 152 valence electrons.